The highest BCUT2D eigenvalue weighted by Gasteiger charge is 2.27. The van der Waals surface area contributed by atoms with Gasteiger partial charge >= 0.3 is 0 Å². The Morgan fingerprint density at radius 1 is 0.472 bits per heavy atom. The zero-order valence-corrected chi connectivity index (χ0v) is 24.8. The van der Waals surface area contributed by atoms with Crippen LogP contribution in [0.15, 0.2) is 12.2 Å². The lowest BCUT2D eigenvalue weighted by molar-refractivity contribution is -0.0641. The van der Waals surface area contributed by atoms with Gasteiger partial charge in [0.15, 0.2) is 0 Å². The van der Waals surface area contributed by atoms with Crippen LogP contribution in [0.3, 0.4) is 0 Å². The van der Waals surface area contributed by atoms with Gasteiger partial charge in [-0.1, -0.05) is 73.8 Å². The Labute approximate surface area is 223 Å². The first-order valence-electron chi connectivity index (χ1n) is 14.5. The van der Waals surface area contributed by atoms with Gasteiger partial charge in [-0.05, 0) is 31.3 Å². The molecule has 36 heavy (non-hydrogen) atoms. The molecule has 0 amide bonds. The number of ether oxygens (including phenoxy) is 6. The van der Waals surface area contributed by atoms with E-state index >= 15 is 0 Å². The van der Waals surface area contributed by atoms with Crippen LogP contribution in [-0.2, 0) is 28.4 Å². The number of hydrogen-bond acceptors (Lipinski definition) is 6. The molecule has 0 saturated carbocycles. The molecule has 0 heterocycles. The van der Waals surface area contributed by atoms with Crippen molar-refractivity contribution in [2.45, 2.75) is 92.9 Å². The normalized spacial score (nSPS) is 12.4. The Morgan fingerprint density at radius 3 is 0.972 bits per heavy atom. The predicted octanol–water partition coefficient (Wildman–Crippen LogP) is 6.86. The van der Waals surface area contributed by atoms with Gasteiger partial charge in [0.05, 0.1) is 52.9 Å². The lowest BCUT2D eigenvalue weighted by atomic mass is 9.94. The topological polar surface area (TPSA) is 55.4 Å². The van der Waals surface area contributed by atoms with E-state index in [1.54, 1.807) is 0 Å². The lowest BCUT2D eigenvalue weighted by Crippen LogP contribution is -2.35. The van der Waals surface area contributed by atoms with Crippen molar-refractivity contribution in [3.63, 3.8) is 0 Å². The molecule has 0 aromatic heterocycles. The third-order valence-electron chi connectivity index (χ3n) is 5.88. The molecule has 216 valence electrons. The van der Waals surface area contributed by atoms with Gasteiger partial charge < -0.3 is 28.4 Å². The predicted molar refractivity (Wildman–Crippen MR) is 150 cm³/mol. The van der Waals surface area contributed by atoms with E-state index in [0.29, 0.717) is 52.9 Å². The Bertz CT molecular complexity index is 430. The minimum absolute atomic E-state index is 0.174. The molecule has 0 atom stereocenters. The van der Waals surface area contributed by atoms with Crippen LogP contribution in [0.2, 0.25) is 0 Å². The third kappa shape index (κ3) is 20.5. The molecule has 0 radical (unpaired) electrons. The molecule has 0 aromatic rings. The van der Waals surface area contributed by atoms with Gasteiger partial charge in [0.1, 0.15) is 0 Å². The summed E-state index contributed by atoms with van der Waals surface area (Å²) in [7, 11) is 0. The van der Waals surface area contributed by atoms with E-state index in [9.17, 15) is 0 Å². The Hall–Kier alpha value is -0.500. The van der Waals surface area contributed by atoms with Crippen molar-refractivity contribution in [1.29, 1.82) is 0 Å². The van der Waals surface area contributed by atoms with Crippen LogP contribution in [0.4, 0.5) is 0 Å². The molecule has 0 bridgehead atoms. The van der Waals surface area contributed by atoms with Crippen LogP contribution in [0.5, 0.6) is 0 Å². The molecule has 0 saturated heterocycles. The summed E-state index contributed by atoms with van der Waals surface area (Å²) in [4.78, 5) is 0. The summed E-state index contributed by atoms with van der Waals surface area (Å²) in [6.45, 7) is 25.0. The first-order valence-corrected chi connectivity index (χ1v) is 14.5. The van der Waals surface area contributed by atoms with E-state index in [1.165, 1.54) is 0 Å². The average molecular weight is 517 g/mol. The molecular weight excluding hydrogens is 456 g/mol. The molecule has 6 heteroatoms. The van der Waals surface area contributed by atoms with Crippen LogP contribution in [0, 0.1) is 10.8 Å². The molecular formula is C30H60O6. The fourth-order valence-corrected chi connectivity index (χ4v) is 3.44. The van der Waals surface area contributed by atoms with Crippen LogP contribution >= 0.6 is 0 Å². The second-order valence-corrected chi connectivity index (χ2v) is 11.0. The zero-order valence-electron chi connectivity index (χ0n) is 24.8. The largest absolute Gasteiger partial charge is 0.381 e. The van der Waals surface area contributed by atoms with Crippen molar-refractivity contribution in [2.75, 3.05) is 79.3 Å². The van der Waals surface area contributed by atoms with Crippen molar-refractivity contribution in [3.05, 3.63) is 12.2 Å². The van der Waals surface area contributed by atoms with E-state index in [0.717, 1.165) is 83.4 Å². The minimum atomic E-state index is -0.174. The number of hydrogen-bond donors (Lipinski definition) is 0. The summed E-state index contributed by atoms with van der Waals surface area (Å²) in [6.07, 6.45) is 8.84. The standard InChI is InChI=1S/C30H60O6/c1-8-12-16-31-22-29(6,23-32-17-13-9-2)26-35-20-28(5)21-36-27-30(7,24-33-18-14-10-3)25-34-19-15-11-4/h5,8-27H2,1-4,6-7H3. The summed E-state index contributed by atoms with van der Waals surface area (Å²) >= 11 is 0. The molecule has 0 aliphatic rings. The maximum Gasteiger partial charge on any atom is 0.0696 e. The molecule has 0 aliphatic carbocycles. The van der Waals surface area contributed by atoms with Crippen LogP contribution in [0.25, 0.3) is 0 Å². The highest BCUT2D eigenvalue weighted by molar-refractivity contribution is 4.95. The van der Waals surface area contributed by atoms with Gasteiger partial charge in [-0.15, -0.1) is 0 Å². The van der Waals surface area contributed by atoms with Gasteiger partial charge in [-0.25, -0.2) is 0 Å². The fraction of sp³-hybridized carbons (Fsp3) is 0.933. The summed E-state index contributed by atoms with van der Waals surface area (Å²) in [5.74, 6) is 0. The van der Waals surface area contributed by atoms with Gasteiger partial charge in [0, 0.05) is 37.3 Å². The van der Waals surface area contributed by atoms with Crippen LogP contribution in [0.1, 0.15) is 92.9 Å². The highest BCUT2D eigenvalue weighted by Crippen LogP contribution is 2.21. The lowest BCUT2D eigenvalue weighted by Gasteiger charge is -2.30. The van der Waals surface area contributed by atoms with Crippen molar-refractivity contribution < 1.29 is 28.4 Å². The van der Waals surface area contributed by atoms with Gasteiger partial charge in [-0.2, -0.15) is 0 Å². The third-order valence-corrected chi connectivity index (χ3v) is 5.88. The molecule has 0 aliphatic heterocycles. The monoisotopic (exact) mass is 516 g/mol. The van der Waals surface area contributed by atoms with Crippen molar-refractivity contribution in [3.8, 4) is 0 Å². The first-order chi connectivity index (χ1) is 17.3. The SMILES string of the molecule is C=C(COCC(C)(COCCCC)COCCCC)COCC(C)(COCCCC)COCCCC. The molecule has 0 rings (SSSR count). The molecule has 0 unspecified atom stereocenters. The van der Waals surface area contributed by atoms with Crippen molar-refractivity contribution in [1.82, 2.24) is 0 Å². The van der Waals surface area contributed by atoms with Crippen molar-refractivity contribution in [2.24, 2.45) is 10.8 Å². The average Bonchev–Trinajstić information content (AvgIpc) is 2.85. The quantitative estimate of drug-likeness (QED) is 0.0837. The first kappa shape index (κ1) is 35.5. The summed E-state index contributed by atoms with van der Waals surface area (Å²) in [5, 5.41) is 0. The van der Waals surface area contributed by atoms with E-state index in [1.807, 2.05) is 0 Å². The van der Waals surface area contributed by atoms with E-state index in [2.05, 4.69) is 48.1 Å². The Morgan fingerprint density at radius 2 is 0.722 bits per heavy atom. The smallest absolute Gasteiger partial charge is 0.0696 e. The Balaban J connectivity index is 4.50. The maximum atomic E-state index is 6.05. The van der Waals surface area contributed by atoms with E-state index in [4.69, 9.17) is 28.4 Å². The molecule has 6 nitrogen and oxygen atoms in total. The number of unbranched alkanes of at least 4 members (excludes halogenated alkanes) is 4. The van der Waals surface area contributed by atoms with Gasteiger partial charge in [0.2, 0.25) is 0 Å². The van der Waals surface area contributed by atoms with Crippen molar-refractivity contribution >= 4 is 0 Å². The van der Waals surface area contributed by atoms with Crippen LogP contribution < -0.4 is 0 Å². The molecule has 0 fully saturated rings. The summed E-state index contributed by atoms with van der Waals surface area (Å²) in [5.41, 5.74) is 0.581. The summed E-state index contributed by atoms with van der Waals surface area (Å²) < 4.78 is 35.8. The number of rotatable bonds is 28. The molecule has 0 spiro atoms. The Kier molecular flexibility index (Phi) is 23.3. The highest BCUT2D eigenvalue weighted by atomic mass is 16.5. The fourth-order valence-electron chi connectivity index (χ4n) is 3.44. The maximum absolute atomic E-state index is 6.05. The molecule has 0 N–H and O–H groups in total. The van der Waals surface area contributed by atoms with Crippen LogP contribution in [-0.4, -0.2) is 79.3 Å². The van der Waals surface area contributed by atoms with E-state index < -0.39 is 0 Å². The van der Waals surface area contributed by atoms with E-state index in [-0.39, 0.29) is 10.8 Å². The second kappa shape index (κ2) is 23.6. The van der Waals surface area contributed by atoms with Gasteiger partial charge in [-0.3, -0.25) is 0 Å². The summed E-state index contributed by atoms with van der Waals surface area (Å²) in [6, 6.07) is 0. The van der Waals surface area contributed by atoms with Gasteiger partial charge in [0.25, 0.3) is 0 Å². The second-order valence-electron chi connectivity index (χ2n) is 11.0. The molecule has 0 aromatic carbocycles. The zero-order chi connectivity index (χ0) is 27.0. The minimum Gasteiger partial charge on any atom is -0.381 e.